The Kier molecular flexibility index (Phi) is 10.5. The van der Waals surface area contributed by atoms with E-state index in [-0.39, 0.29) is 23.3 Å². The fraction of sp³-hybridized carbons (Fsp3) is 0.375. The van der Waals surface area contributed by atoms with Gasteiger partial charge in [0, 0.05) is 13.1 Å². The molecule has 40 heavy (non-hydrogen) atoms. The third-order valence-corrected chi connectivity index (χ3v) is 8.56. The van der Waals surface area contributed by atoms with Crippen LogP contribution in [0.15, 0.2) is 77.7 Å². The molecular weight excluding hydrogens is 522 g/mol. The molecule has 0 saturated heterocycles. The van der Waals surface area contributed by atoms with Crippen molar-refractivity contribution in [3.63, 3.8) is 0 Å². The molecule has 1 N–H and O–H groups in total. The van der Waals surface area contributed by atoms with Gasteiger partial charge in [0.2, 0.25) is 11.8 Å². The Morgan fingerprint density at radius 3 is 2.10 bits per heavy atom. The van der Waals surface area contributed by atoms with Crippen LogP contribution in [-0.2, 0) is 26.2 Å². The molecule has 2 amide bonds. The number of amides is 2. The van der Waals surface area contributed by atoms with E-state index >= 15 is 0 Å². The number of nitrogens with zero attached hydrogens (tertiary/aromatic N) is 2. The molecule has 0 aliphatic heterocycles. The lowest BCUT2D eigenvalue weighted by Gasteiger charge is -2.33. The number of aryl methyl sites for hydroxylation is 3. The van der Waals surface area contributed by atoms with Crippen molar-refractivity contribution in [1.82, 2.24) is 10.2 Å². The number of hydrogen-bond acceptors (Lipinski definition) is 4. The van der Waals surface area contributed by atoms with Gasteiger partial charge in [-0.2, -0.15) is 0 Å². The number of anilines is 1. The lowest BCUT2D eigenvalue weighted by atomic mass is 10.1. The number of rotatable bonds is 12. The highest BCUT2D eigenvalue weighted by Gasteiger charge is 2.34. The van der Waals surface area contributed by atoms with Crippen LogP contribution in [-0.4, -0.2) is 44.3 Å². The molecule has 0 spiro atoms. The van der Waals surface area contributed by atoms with Crippen molar-refractivity contribution >= 4 is 27.5 Å². The summed E-state index contributed by atoms with van der Waals surface area (Å²) in [6.07, 6.45) is 0.385. The summed E-state index contributed by atoms with van der Waals surface area (Å²) in [7, 11) is -4.09. The lowest BCUT2D eigenvalue weighted by Crippen LogP contribution is -2.52. The largest absolute Gasteiger partial charge is 0.354 e. The summed E-state index contributed by atoms with van der Waals surface area (Å²) in [5, 5.41) is 2.96. The zero-order chi connectivity index (χ0) is 29.4. The van der Waals surface area contributed by atoms with E-state index in [1.165, 1.54) is 21.3 Å². The second-order valence-electron chi connectivity index (χ2n) is 10.7. The standard InChI is InChI=1S/C32H41N3O4S/c1-7-29(32(37)33-20-23(2)3)34(21-27-17-14-24(4)15-18-27)31(36)22-35(30-19-25(5)13-16-26(30)6)40(38,39)28-11-9-8-10-12-28/h8-19,23,29H,7,20-22H2,1-6H3,(H,33,37)/t29-/m1/s1. The molecule has 0 aliphatic rings. The van der Waals surface area contributed by atoms with E-state index in [2.05, 4.69) is 5.32 Å². The quantitative estimate of drug-likeness (QED) is 0.320. The minimum Gasteiger partial charge on any atom is -0.354 e. The highest BCUT2D eigenvalue weighted by molar-refractivity contribution is 7.92. The molecule has 3 aromatic rings. The third-order valence-electron chi connectivity index (χ3n) is 6.79. The summed E-state index contributed by atoms with van der Waals surface area (Å²) in [4.78, 5) is 29.1. The summed E-state index contributed by atoms with van der Waals surface area (Å²) >= 11 is 0. The van der Waals surface area contributed by atoms with Crippen molar-refractivity contribution in [2.75, 3.05) is 17.4 Å². The Balaban J connectivity index is 2.07. The van der Waals surface area contributed by atoms with Gasteiger partial charge in [-0.15, -0.1) is 0 Å². The fourth-order valence-corrected chi connectivity index (χ4v) is 5.94. The van der Waals surface area contributed by atoms with Gasteiger partial charge in [-0.1, -0.05) is 80.9 Å². The van der Waals surface area contributed by atoms with Gasteiger partial charge >= 0.3 is 0 Å². The first kappa shape index (κ1) is 30.9. The van der Waals surface area contributed by atoms with Crippen LogP contribution in [0.2, 0.25) is 0 Å². The van der Waals surface area contributed by atoms with Crippen LogP contribution in [0.5, 0.6) is 0 Å². The van der Waals surface area contributed by atoms with Crippen molar-refractivity contribution in [3.05, 3.63) is 95.1 Å². The predicted molar refractivity (Wildman–Crippen MR) is 161 cm³/mol. The van der Waals surface area contributed by atoms with E-state index in [4.69, 9.17) is 0 Å². The van der Waals surface area contributed by atoms with Crippen LogP contribution in [0.1, 0.15) is 49.4 Å². The third kappa shape index (κ3) is 7.72. The Bertz CT molecular complexity index is 1400. The van der Waals surface area contributed by atoms with Crippen LogP contribution in [0.4, 0.5) is 5.69 Å². The number of carbonyl (C=O) groups is 2. The maximum atomic E-state index is 14.2. The normalized spacial score (nSPS) is 12.2. The molecule has 7 nitrogen and oxygen atoms in total. The molecule has 3 rings (SSSR count). The molecule has 1 atom stereocenters. The zero-order valence-corrected chi connectivity index (χ0v) is 25.2. The van der Waals surface area contributed by atoms with Crippen LogP contribution in [0.25, 0.3) is 0 Å². The van der Waals surface area contributed by atoms with Gasteiger partial charge in [0.15, 0.2) is 0 Å². The smallest absolute Gasteiger partial charge is 0.264 e. The first-order chi connectivity index (χ1) is 18.9. The topological polar surface area (TPSA) is 86.8 Å². The first-order valence-corrected chi connectivity index (χ1v) is 15.2. The predicted octanol–water partition coefficient (Wildman–Crippen LogP) is 5.39. The van der Waals surface area contributed by atoms with E-state index in [9.17, 15) is 18.0 Å². The van der Waals surface area contributed by atoms with Crippen LogP contribution in [0.3, 0.4) is 0 Å². The van der Waals surface area contributed by atoms with Crippen LogP contribution < -0.4 is 9.62 Å². The summed E-state index contributed by atoms with van der Waals surface area (Å²) in [6.45, 7) is 11.8. The van der Waals surface area contributed by atoms with Gasteiger partial charge < -0.3 is 10.2 Å². The maximum absolute atomic E-state index is 14.2. The maximum Gasteiger partial charge on any atom is 0.264 e. The van der Waals surface area contributed by atoms with Crippen LogP contribution >= 0.6 is 0 Å². The van der Waals surface area contributed by atoms with Crippen molar-refractivity contribution in [2.45, 2.75) is 65.4 Å². The lowest BCUT2D eigenvalue weighted by molar-refractivity contribution is -0.140. The van der Waals surface area contributed by atoms with Gasteiger partial charge in [0.1, 0.15) is 12.6 Å². The second-order valence-corrected chi connectivity index (χ2v) is 12.5. The molecule has 0 bridgehead atoms. The number of benzene rings is 3. The average molecular weight is 564 g/mol. The van der Waals surface area contributed by atoms with Crippen molar-refractivity contribution in [2.24, 2.45) is 5.92 Å². The van der Waals surface area contributed by atoms with Gasteiger partial charge in [0.25, 0.3) is 10.0 Å². The summed E-state index contributed by atoms with van der Waals surface area (Å²) in [6, 6.07) is 20.7. The van der Waals surface area contributed by atoms with E-state index in [1.807, 2.05) is 77.9 Å². The molecule has 0 unspecified atom stereocenters. The van der Waals surface area contributed by atoms with Crippen molar-refractivity contribution < 1.29 is 18.0 Å². The Hall–Kier alpha value is -3.65. The molecule has 0 aliphatic carbocycles. The molecule has 0 fully saturated rings. The van der Waals surface area contributed by atoms with Crippen LogP contribution in [0, 0.1) is 26.7 Å². The van der Waals surface area contributed by atoms with E-state index in [0.29, 0.717) is 18.7 Å². The molecule has 0 radical (unpaired) electrons. The Labute approximate surface area is 239 Å². The monoisotopic (exact) mass is 563 g/mol. The van der Waals surface area contributed by atoms with Crippen molar-refractivity contribution in [1.29, 1.82) is 0 Å². The van der Waals surface area contributed by atoms with E-state index < -0.39 is 28.5 Å². The number of nitrogens with one attached hydrogen (secondary N) is 1. The van der Waals surface area contributed by atoms with E-state index in [0.717, 1.165) is 22.3 Å². The fourth-order valence-electron chi connectivity index (χ4n) is 4.45. The Morgan fingerprint density at radius 1 is 0.875 bits per heavy atom. The molecule has 0 saturated carbocycles. The minimum atomic E-state index is -4.09. The van der Waals surface area contributed by atoms with Gasteiger partial charge in [-0.05, 0) is 68.0 Å². The van der Waals surface area contributed by atoms with Gasteiger partial charge in [-0.25, -0.2) is 8.42 Å². The molecule has 8 heteroatoms. The SMILES string of the molecule is CC[C@H](C(=O)NCC(C)C)N(Cc1ccc(C)cc1)C(=O)CN(c1cc(C)ccc1C)S(=O)(=O)c1ccccc1. The average Bonchev–Trinajstić information content (AvgIpc) is 2.93. The van der Waals surface area contributed by atoms with E-state index in [1.54, 1.807) is 24.3 Å². The number of carbonyl (C=O) groups excluding carboxylic acids is 2. The first-order valence-electron chi connectivity index (χ1n) is 13.7. The van der Waals surface area contributed by atoms with Crippen molar-refractivity contribution in [3.8, 4) is 0 Å². The highest BCUT2D eigenvalue weighted by Crippen LogP contribution is 2.28. The molecule has 214 valence electrons. The summed E-state index contributed by atoms with van der Waals surface area (Å²) in [5.74, 6) is -0.452. The number of sulfonamides is 1. The summed E-state index contributed by atoms with van der Waals surface area (Å²) in [5.41, 5.74) is 3.98. The second kappa shape index (κ2) is 13.6. The van der Waals surface area contributed by atoms with Gasteiger partial charge in [-0.3, -0.25) is 13.9 Å². The molecule has 3 aromatic carbocycles. The molecule has 0 aromatic heterocycles. The van der Waals surface area contributed by atoms with Gasteiger partial charge in [0.05, 0.1) is 10.6 Å². The minimum absolute atomic E-state index is 0.0931. The number of hydrogen-bond donors (Lipinski definition) is 1. The zero-order valence-electron chi connectivity index (χ0n) is 24.3. The Morgan fingerprint density at radius 2 is 1.50 bits per heavy atom. The molecular formula is C32H41N3O4S. The highest BCUT2D eigenvalue weighted by atomic mass is 32.2. The summed E-state index contributed by atoms with van der Waals surface area (Å²) < 4.78 is 29.1. The molecule has 0 heterocycles.